The summed E-state index contributed by atoms with van der Waals surface area (Å²) in [6.07, 6.45) is 1.81. The number of carbonyl (C=O) groups excluding carboxylic acids is 1. The highest BCUT2D eigenvalue weighted by Crippen LogP contribution is 2.21. The number of benzene rings is 2. The first-order valence-electron chi connectivity index (χ1n) is 9.48. The molecule has 0 radical (unpaired) electrons. The van der Waals surface area contributed by atoms with Crippen LogP contribution in [0.2, 0.25) is 0 Å². The van der Waals surface area contributed by atoms with Crippen molar-refractivity contribution >= 4 is 27.7 Å². The van der Waals surface area contributed by atoms with E-state index >= 15 is 0 Å². The highest BCUT2D eigenvalue weighted by molar-refractivity contribution is 7.98. The van der Waals surface area contributed by atoms with Gasteiger partial charge in [-0.25, -0.2) is 8.42 Å². The number of rotatable bonds is 8. The van der Waals surface area contributed by atoms with Gasteiger partial charge in [0.05, 0.1) is 4.90 Å². The summed E-state index contributed by atoms with van der Waals surface area (Å²) < 4.78 is 26.5. The Kier molecular flexibility index (Phi) is 7.15. The van der Waals surface area contributed by atoms with Gasteiger partial charge in [0.15, 0.2) is 0 Å². The van der Waals surface area contributed by atoms with Crippen LogP contribution >= 0.6 is 11.8 Å². The lowest BCUT2D eigenvalue weighted by Crippen LogP contribution is -2.28. The van der Waals surface area contributed by atoms with Crippen LogP contribution in [0.15, 0.2) is 53.4 Å². The topological polar surface area (TPSA) is 66.5 Å². The Morgan fingerprint density at radius 1 is 1.04 bits per heavy atom. The predicted molar refractivity (Wildman–Crippen MR) is 114 cm³/mol. The molecule has 28 heavy (non-hydrogen) atoms. The standard InChI is InChI=1S/C21H26N2O3S2/c1-17-4-6-18(7-5-17)16-27-15-12-22-21(24)19-8-10-20(11-9-19)28(25,26)23-13-2-3-14-23/h4-11H,2-3,12-16H2,1H3,(H,22,24). The van der Waals surface area contributed by atoms with Gasteiger partial charge >= 0.3 is 0 Å². The maximum atomic E-state index is 12.5. The number of hydrogen-bond donors (Lipinski definition) is 1. The maximum Gasteiger partial charge on any atom is 0.251 e. The number of amides is 1. The molecule has 0 saturated carbocycles. The molecule has 0 aromatic heterocycles. The lowest BCUT2D eigenvalue weighted by atomic mass is 10.2. The van der Waals surface area contributed by atoms with Gasteiger partial charge in [-0.1, -0.05) is 29.8 Å². The highest BCUT2D eigenvalue weighted by atomic mass is 32.2. The monoisotopic (exact) mass is 418 g/mol. The Hall–Kier alpha value is -1.83. The zero-order valence-electron chi connectivity index (χ0n) is 16.1. The average molecular weight is 419 g/mol. The zero-order valence-corrected chi connectivity index (χ0v) is 17.7. The summed E-state index contributed by atoms with van der Waals surface area (Å²) in [6.45, 7) is 3.79. The highest BCUT2D eigenvalue weighted by Gasteiger charge is 2.27. The van der Waals surface area contributed by atoms with Crippen LogP contribution in [0.1, 0.15) is 34.3 Å². The van der Waals surface area contributed by atoms with E-state index in [1.165, 1.54) is 27.6 Å². The van der Waals surface area contributed by atoms with E-state index in [1.807, 2.05) is 0 Å². The third-order valence-corrected chi connectivity index (χ3v) is 7.68. The molecule has 2 aromatic rings. The number of sulfonamides is 1. The molecule has 1 aliphatic heterocycles. The average Bonchev–Trinajstić information content (AvgIpc) is 3.25. The number of carbonyl (C=O) groups is 1. The summed E-state index contributed by atoms with van der Waals surface area (Å²) in [7, 11) is -3.44. The van der Waals surface area contributed by atoms with Crippen molar-refractivity contribution in [2.24, 2.45) is 0 Å². The zero-order chi connectivity index (χ0) is 20.0. The van der Waals surface area contributed by atoms with Crippen molar-refractivity contribution in [2.45, 2.75) is 30.4 Å². The summed E-state index contributed by atoms with van der Waals surface area (Å²) in [4.78, 5) is 12.5. The van der Waals surface area contributed by atoms with Gasteiger partial charge < -0.3 is 5.32 Å². The lowest BCUT2D eigenvalue weighted by Gasteiger charge is -2.15. The van der Waals surface area contributed by atoms with Gasteiger partial charge in [0, 0.05) is 36.7 Å². The van der Waals surface area contributed by atoms with Crippen molar-refractivity contribution in [3.05, 3.63) is 65.2 Å². The van der Waals surface area contributed by atoms with Crippen LogP contribution in [0.25, 0.3) is 0 Å². The normalized spacial score (nSPS) is 14.9. The third-order valence-electron chi connectivity index (χ3n) is 4.74. The molecule has 2 aromatic carbocycles. The summed E-state index contributed by atoms with van der Waals surface area (Å²) in [5, 5.41) is 2.89. The Morgan fingerprint density at radius 3 is 2.32 bits per heavy atom. The van der Waals surface area contributed by atoms with Gasteiger partial charge in [0.25, 0.3) is 5.91 Å². The lowest BCUT2D eigenvalue weighted by molar-refractivity contribution is 0.0956. The second-order valence-electron chi connectivity index (χ2n) is 6.93. The number of nitrogens with zero attached hydrogens (tertiary/aromatic N) is 1. The van der Waals surface area contributed by atoms with Gasteiger partial charge in [-0.15, -0.1) is 0 Å². The van der Waals surface area contributed by atoms with E-state index < -0.39 is 10.0 Å². The predicted octanol–water partition coefficient (Wildman–Crippen LogP) is 3.44. The van der Waals surface area contributed by atoms with Crippen LogP contribution in [0.4, 0.5) is 0 Å². The fourth-order valence-electron chi connectivity index (χ4n) is 3.07. The van der Waals surface area contributed by atoms with E-state index in [9.17, 15) is 13.2 Å². The largest absolute Gasteiger partial charge is 0.351 e. The van der Waals surface area contributed by atoms with E-state index in [0.717, 1.165) is 24.3 Å². The van der Waals surface area contributed by atoms with E-state index in [0.29, 0.717) is 25.2 Å². The smallest absolute Gasteiger partial charge is 0.251 e. The van der Waals surface area contributed by atoms with Crippen LogP contribution in [0, 0.1) is 6.92 Å². The first kappa shape index (κ1) is 20.9. The number of thioether (sulfide) groups is 1. The molecule has 0 aliphatic carbocycles. The number of aryl methyl sites for hydroxylation is 1. The van der Waals surface area contributed by atoms with Crippen molar-refractivity contribution < 1.29 is 13.2 Å². The van der Waals surface area contributed by atoms with Gasteiger partial charge in [-0.05, 0) is 49.6 Å². The van der Waals surface area contributed by atoms with Crippen molar-refractivity contribution in [3.8, 4) is 0 Å². The molecule has 0 unspecified atom stereocenters. The molecule has 5 nitrogen and oxygen atoms in total. The molecule has 1 aliphatic rings. The minimum absolute atomic E-state index is 0.180. The van der Waals surface area contributed by atoms with Gasteiger partial charge in [-0.3, -0.25) is 4.79 Å². The molecular weight excluding hydrogens is 392 g/mol. The molecule has 1 saturated heterocycles. The van der Waals surface area contributed by atoms with Crippen molar-refractivity contribution in [3.63, 3.8) is 0 Å². The summed E-state index contributed by atoms with van der Waals surface area (Å²) in [5.41, 5.74) is 3.00. The van der Waals surface area contributed by atoms with Gasteiger partial charge in [-0.2, -0.15) is 16.1 Å². The Bertz CT molecular complexity index is 888. The summed E-state index contributed by atoms with van der Waals surface area (Å²) in [5.74, 6) is 1.56. The molecule has 1 fully saturated rings. The second-order valence-corrected chi connectivity index (χ2v) is 9.97. The van der Waals surface area contributed by atoms with Crippen LogP contribution < -0.4 is 5.32 Å². The SMILES string of the molecule is Cc1ccc(CSCCNC(=O)c2ccc(S(=O)(=O)N3CCCC3)cc2)cc1. The summed E-state index contributed by atoms with van der Waals surface area (Å²) in [6, 6.07) is 14.7. The van der Waals surface area contributed by atoms with Gasteiger partial charge in [0.2, 0.25) is 10.0 Å². The van der Waals surface area contributed by atoms with E-state index in [-0.39, 0.29) is 10.8 Å². The fraction of sp³-hybridized carbons (Fsp3) is 0.381. The Morgan fingerprint density at radius 2 is 1.68 bits per heavy atom. The molecule has 0 atom stereocenters. The Balaban J connectivity index is 1.45. The van der Waals surface area contributed by atoms with Crippen LogP contribution in [-0.4, -0.2) is 44.0 Å². The molecule has 3 rings (SSSR count). The van der Waals surface area contributed by atoms with Crippen LogP contribution in [0.5, 0.6) is 0 Å². The third kappa shape index (κ3) is 5.37. The van der Waals surface area contributed by atoms with Crippen LogP contribution in [0.3, 0.4) is 0 Å². The quantitative estimate of drug-likeness (QED) is 0.667. The van der Waals surface area contributed by atoms with E-state index in [4.69, 9.17) is 0 Å². The first-order chi connectivity index (χ1) is 13.5. The second kappa shape index (κ2) is 9.58. The molecular formula is C21H26N2O3S2. The van der Waals surface area contributed by atoms with E-state index in [1.54, 1.807) is 23.9 Å². The molecule has 0 spiro atoms. The Labute approximate surface area is 171 Å². The van der Waals surface area contributed by atoms with Crippen molar-refractivity contribution in [2.75, 3.05) is 25.4 Å². The minimum atomic E-state index is -3.44. The van der Waals surface area contributed by atoms with Crippen molar-refractivity contribution in [1.29, 1.82) is 0 Å². The first-order valence-corrected chi connectivity index (χ1v) is 12.1. The molecule has 150 valence electrons. The fourth-order valence-corrected chi connectivity index (χ4v) is 5.40. The number of nitrogens with one attached hydrogen (secondary N) is 1. The van der Waals surface area contributed by atoms with E-state index in [2.05, 4.69) is 36.5 Å². The minimum Gasteiger partial charge on any atom is -0.351 e. The molecule has 1 heterocycles. The number of hydrogen-bond acceptors (Lipinski definition) is 4. The maximum absolute atomic E-state index is 12.5. The van der Waals surface area contributed by atoms with Crippen LogP contribution in [-0.2, 0) is 15.8 Å². The molecule has 1 amide bonds. The van der Waals surface area contributed by atoms with Crippen molar-refractivity contribution in [1.82, 2.24) is 9.62 Å². The molecule has 1 N–H and O–H groups in total. The summed E-state index contributed by atoms with van der Waals surface area (Å²) >= 11 is 1.77. The van der Waals surface area contributed by atoms with Gasteiger partial charge in [0.1, 0.15) is 0 Å². The molecule has 0 bridgehead atoms. The molecule has 7 heteroatoms.